The van der Waals surface area contributed by atoms with E-state index in [9.17, 15) is 19.2 Å². The first-order chi connectivity index (χ1) is 12.4. The molecule has 0 radical (unpaired) electrons. The quantitative estimate of drug-likeness (QED) is 0.868. The molecule has 2 saturated heterocycles. The van der Waals surface area contributed by atoms with Gasteiger partial charge in [0.15, 0.2) is 0 Å². The van der Waals surface area contributed by atoms with Crippen molar-refractivity contribution in [2.24, 2.45) is 0 Å². The Morgan fingerprint density at radius 2 is 1.81 bits per heavy atom. The minimum Gasteiger partial charge on any atom is -0.342 e. The molecule has 0 saturated carbocycles. The van der Waals surface area contributed by atoms with Crippen molar-refractivity contribution in [2.45, 2.75) is 32.2 Å². The Morgan fingerprint density at radius 3 is 2.35 bits per heavy atom. The molecule has 4 amide bonds. The number of likely N-dealkylation sites (tertiary alicyclic amines) is 1. The number of thioether (sulfide) groups is 1. The molecule has 0 spiro atoms. The Hall–Kier alpha value is -2.35. The van der Waals surface area contributed by atoms with Crippen LogP contribution in [0.2, 0.25) is 0 Å². The first-order valence-corrected chi connectivity index (χ1v) is 9.55. The molecule has 3 rings (SSSR count). The fourth-order valence-corrected chi connectivity index (χ4v) is 4.06. The van der Waals surface area contributed by atoms with E-state index in [2.05, 4.69) is 5.32 Å². The Kier molecular flexibility index (Phi) is 5.61. The topological polar surface area (TPSA) is 86.8 Å². The predicted octanol–water partition coefficient (Wildman–Crippen LogP) is 1.87. The molecule has 0 bridgehead atoms. The van der Waals surface area contributed by atoms with Crippen LogP contribution in [0.15, 0.2) is 24.3 Å². The fourth-order valence-electron chi connectivity index (χ4n) is 3.29. The number of hydrogen-bond donors (Lipinski definition) is 1. The van der Waals surface area contributed by atoms with Crippen molar-refractivity contribution in [1.29, 1.82) is 0 Å². The average Bonchev–Trinajstić information content (AvgIpc) is 2.95. The molecule has 8 heteroatoms. The largest absolute Gasteiger partial charge is 0.342 e. The molecular weight excluding hydrogens is 354 g/mol. The van der Waals surface area contributed by atoms with E-state index in [0.29, 0.717) is 38.0 Å². The van der Waals surface area contributed by atoms with Gasteiger partial charge in [-0.25, -0.2) is 0 Å². The molecule has 2 aliphatic heterocycles. The van der Waals surface area contributed by atoms with Crippen LogP contribution in [0.4, 0.5) is 10.5 Å². The highest BCUT2D eigenvalue weighted by molar-refractivity contribution is 8.14. The molecule has 0 atom stereocenters. The summed E-state index contributed by atoms with van der Waals surface area (Å²) in [5.74, 6) is 0.00481. The molecular formula is C18H21N3O4S. The predicted molar refractivity (Wildman–Crippen MR) is 98.8 cm³/mol. The lowest BCUT2D eigenvalue weighted by Crippen LogP contribution is -2.48. The first kappa shape index (κ1) is 18.4. The van der Waals surface area contributed by atoms with Crippen molar-refractivity contribution in [1.82, 2.24) is 9.80 Å². The van der Waals surface area contributed by atoms with Gasteiger partial charge >= 0.3 is 0 Å². The minimum absolute atomic E-state index is 0.0316. The van der Waals surface area contributed by atoms with E-state index in [4.69, 9.17) is 0 Å². The molecule has 138 valence electrons. The Morgan fingerprint density at radius 1 is 1.15 bits per heavy atom. The Labute approximate surface area is 156 Å². The number of hydrogen-bond acceptors (Lipinski definition) is 5. The second-order valence-electron chi connectivity index (χ2n) is 6.49. The maximum absolute atomic E-state index is 12.5. The highest BCUT2D eigenvalue weighted by atomic mass is 32.2. The lowest BCUT2D eigenvalue weighted by molar-refractivity contribution is -0.132. The van der Waals surface area contributed by atoms with Gasteiger partial charge in [0.05, 0.1) is 12.2 Å². The standard InChI is InChI=1S/C18H21N3O4S/c1-12(22)19-14-4-2-13(3-5-14)10-16(23)20-8-6-15(7-9-20)21-17(24)11-26-18(21)25/h2-5,15H,6-11H2,1H3,(H,19,22). The zero-order valence-corrected chi connectivity index (χ0v) is 15.4. The average molecular weight is 375 g/mol. The molecule has 1 aromatic carbocycles. The smallest absolute Gasteiger partial charge is 0.289 e. The minimum atomic E-state index is -0.168. The van der Waals surface area contributed by atoms with Crippen molar-refractivity contribution in [3.63, 3.8) is 0 Å². The summed E-state index contributed by atoms with van der Waals surface area (Å²) in [5, 5.41) is 2.52. The number of rotatable bonds is 4. The highest BCUT2D eigenvalue weighted by Gasteiger charge is 2.37. The van der Waals surface area contributed by atoms with Crippen LogP contribution in [-0.4, -0.2) is 57.6 Å². The molecule has 2 heterocycles. The molecule has 2 fully saturated rings. The third-order valence-electron chi connectivity index (χ3n) is 4.60. The second kappa shape index (κ2) is 7.90. The lowest BCUT2D eigenvalue weighted by atomic mass is 10.0. The summed E-state index contributed by atoms with van der Waals surface area (Å²) in [5.41, 5.74) is 1.58. The van der Waals surface area contributed by atoms with Gasteiger partial charge in [0.25, 0.3) is 5.24 Å². The molecule has 26 heavy (non-hydrogen) atoms. The fraction of sp³-hybridized carbons (Fsp3) is 0.444. The van der Waals surface area contributed by atoms with E-state index in [1.807, 2.05) is 12.1 Å². The summed E-state index contributed by atoms with van der Waals surface area (Å²) in [6.07, 6.45) is 1.55. The zero-order chi connectivity index (χ0) is 18.7. The summed E-state index contributed by atoms with van der Waals surface area (Å²) in [4.78, 5) is 50.3. The van der Waals surface area contributed by atoms with Gasteiger partial charge in [-0.3, -0.25) is 24.1 Å². The summed E-state index contributed by atoms with van der Waals surface area (Å²) in [6, 6.07) is 7.12. The number of carbonyl (C=O) groups excluding carboxylic acids is 4. The normalized spacial score (nSPS) is 18.3. The molecule has 1 aromatic rings. The number of nitrogens with one attached hydrogen (secondary N) is 1. The molecule has 0 aromatic heterocycles. The lowest BCUT2D eigenvalue weighted by Gasteiger charge is -2.35. The monoisotopic (exact) mass is 375 g/mol. The highest BCUT2D eigenvalue weighted by Crippen LogP contribution is 2.26. The van der Waals surface area contributed by atoms with Gasteiger partial charge in [0, 0.05) is 31.7 Å². The second-order valence-corrected chi connectivity index (χ2v) is 7.41. The third-order valence-corrected chi connectivity index (χ3v) is 5.43. The van der Waals surface area contributed by atoms with Gasteiger partial charge in [-0.05, 0) is 30.5 Å². The van der Waals surface area contributed by atoms with E-state index in [-0.39, 0.29) is 34.8 Å². The Balaban J connectivity index is 1.51. The van der Waals surface area contributed by atoms with Crippen LogP contribution in [0, 0.1) is 0 Å². The van der Waals surface area contributed by atoms with Gasteiger partial charge in [-0.15, -0.1) is 0 Å². The summed E-state index contributed by atoms with van der Waals surface area (Å²) in [6.45, 7) is 2.55. The van der Waals surface area contributed by atoms with Crippen LogP contribution in [0.3, 0.4) is 0 Å². The van der Waals surface area contributed by atoms with Gasteiger partial charge in [0.1, 0.15) is 0 Å². The van der Waals surface area contributed by atoms with Crippen LogP contribution in [-0.2, 0) is 20.8 Å². The van der Waals surface area contributed by atoms with E-state index in [0.717, 1.165) is 17.3 Å². The number of imide groups is 1. The SMILES string of the molecule is CC(=O)Nc1ccc(CC(=O)N2CCC(N3C(=O)CSC3=O)CC2)cc1. The first-order valence-electron chi connectivity index (χ1n) is 8.57. The molecule has 1 N–H and O–H groups in total. The van der Waals surface area contributed by atoms with Crippen molar-refractivity contribution < 1.29 is 19.2 Å². The maximum Gasteiger partial charge on any atom is 0.289 e. The summed E-state index contributed by atoms with van der Waals surface area (Å²) < 4.78 is 0. The van der Waals surface area contributed by atoms with Crippen LogP contribution in [0.1, 0.15) is 25.3 Å². The van der Waals surface area contributed by atoms with Gasteiger partial charge in [0.2, 0.25) is 17.7 Å². The maximum atomic E-state index is 12.5. The molecule has 2 aliphatic rings. The van der Waals surface area contributed by atoms with Crippen molar-refractivity contribution >= 4 is 40.4 Å². The number of benzene rings is 1. The van der Waals surface area contributed by atoms with Crippen LogP contribution >= 0.6 is 11.8 Å². The molecule has 0 aliphatic carbocycles. The van der Waals surface area contributed by atoms with E-state index >= 15 is 0 Å². The van der Waals surface area contributed by atoms with Crippen LogP contribution in [0.25, 0.3) is 0 Å². The van der Waals surface area contributed by atoms with E-state index in [1.54, 1.807) is 17.0 Å². The van der Waals surface area contributed by atoms with Gasteiger partial charge < -0.3 is 10.2 Å². The van der Waals surface area contributed by atoms with Crippen molar-refractivity contribution in [2.75, 3.05) is 24.2 Å². The number of amides is 4. The van der Waals surface area contributed by atoms with E-state index < -0.39 is 0 Å². The third kappa shape index (κ3) is 4.24. The number of anilines is 1. The summed E-state index contributed by atoms with van der Waals surface area (Å²) >= 11 is 1.05. The summed E-state index contributed by atoms with van der Waals surface area (Å²) in [7, 11) is 0. The van der Waals surface area contributed by atoms with Crippen LogP contribution < -0.4 is 5.32 Å². The number of piperidine rings is 1. The molecule has 0 unspecified atom stereocenters. The van der Waals surface area contributed by atoms with Crippen molar-refractivity contribution in [3.05, 3.63) is 29.8 Å². The Bertz CT molecular complexity index is 710. The number of carbonyl (C=O) groups is 4. The van der Waals surface area contributed by atoms with Gasteiger partial charge in [-0.1, -0.05) is 23.9 Å². The number of nitrogens with zero attached hydrogens (tertiary/aromatic N) is 2. The zero-order valence-electron chi connectivity index (χ0n) is 14.6. The van der Waals surface area contributed by atoms with E-state index in [1.165, 1.54) is 11.8 Å². The van der Waals surface area contributed by atoms with Gasteiger partial charge in [-0.2, -0.15) is 0 Å². The van der Waals surface area contributed by atoms with Crippen LogP contribution in [0.5, 0.6) is 0 Å². The molecule has 7 nitrogen and oxygen atoms in total. The van der Waals surface area contributed by atoms with Crippen molar-refractivity contribution in [3.8, 4) is 0 Å².